The van der Waals surface area contributed by atoms with E-state index in [0.29, 0.717) is 17.7 Å². The van der Waals surface area contributed by atoms with Crippen LogP contribution in [-0.2, 0) is 9.53 Å². The molecule has 280 valence electrons. The lowest BCUT2D eigenvalue weighted by atomic mass is 9.97. The Morgan fingerprint density at radius 1 is 0.720 bits per heavy atom. The van der Waals surface area contributed by atoms with E-state index in [1.54, 1.807) is 13.0 Å². The quantitative estimate of drug-likeness (QED) is 0.0486. The number of hydrogen-bond donors (Lipinski definition) is 1. The molecule has 0 aliphatic carbocycles. The fourth-order valence-corrected chi connectivity index (χ4v) is 6.34. The van der Waals surface area contributed by atoms with Crippen molar-refractivity contribution in [3.05, 3.63) is 84.2 Å². The summed E-state index contributed by atoms with van der Waals surface area (Å²) in [4.78, 5) is 15.2. The van der Waals surface area contributed by atoms with Crippen molar-refractivity contribution in [1.82, 2.24) is 4.90 Å². The summed E-state index contributed by atoms with van der Waals surface area (Å²) in [5, 5.41) is 9.23. The second kappa shape index (κ2) is 29.9. The smallest absolute Gasteiger partial charge is 0.313 e. The molecule has 0 saturated heterocycles. The van der Waals surface area contributed by atoms with Gasteiger partial charge in [-0.2, -0.15) is 0 Å². The molecule has 0 radical (unpaired) electrons. The number of rotatable bonds is 31. The number of aliphatic hydroxyl groups excluding tert-OH is 1. The van der Waals surface area contributed by atoms with Gasteiger partial charge in [-0.1, -0.05) is 138 Å². The van der Waals surface area contributed by atoms with E-state index in [2.05, 4.69) is 36.1 Å². The minimum atomic E-state index is -0.497. The average molecular weight is 692 g/mol. The Hall–Kier alpha value is -2.76. The molecular weight excluding hydrogens is 621 g/mol. The second-order valence-electron chi connectivity index (χ2n) is 14.0. The van der Waals surface area contributed by atoms with E-state index in [-0.39, 0.29) is 18.4 Å². The van der Waals surface area contributed by atoms with E-state index < -0.39 is 5.92 Å². The zero-order valence-corrected chi connectivity index (χ0v) is 31.8. The predicted molar refractivity (Wildman–Crippen MR) is 211 cm³/mol. The molecule has 0 amide bonds. The van der Waals surface area contributed by atoms with Crippen molar-refractivity contribution in [2.75, 3.05) is 32.8 Å². The SMILES string of the molecule is CCCCCCCC/C=C/C/C=C/CCCCCN(CCCCO)CCCCCCCCOC(=O)C(C)c1ccc(-c2ccccc2)c(F)c1. The predicted octanol–water partition coefficient (Wildman–Crippen LogP) is 12.4. The largest absolute Gasteiger partial charge is 0.465 e. The number of hydrogen-bond acceptors (Lipinski definition) is 4. The molecule has 0 fully saturated rings. The number of allylic oxidation sites excluding steroid dienone is 4. The van der Waals surface area contributed by atoms with E-state index in [1.807, 2.05) is 36.4 Å². The standard InChI is InChI=1S/C45H70FNO3/c1-3-4-5-6-7-8-9-10-11-12-13-14-15-16-19-25-34-47(36-27-28-37-48)35-26-20-17-18-21-29-38-50-45(49)40(2)42-32-33-43(44(46)39-42)41-30-23-22-24-31-41/h10-11,13-14,22-24,30-33,39-40,48H,3-9,12,15-21,25-29,34-38H2,1-2H3/b11-10+,14-13+. The molecule has 2 aromatic rings. The Morgan fingerprint density at radius 3 is 1.90 bits per heavy atom. The van der Waals surface area contributed by atoms with Crippen LogP contribution in [0.5, 0.6) is 0 Å². The van der Waals surface area contributed by atoms with E-state index >= 15 is 0 Å². The van der Waals surface area contributed by atoms with Crippen molar-refractivity contribution in [1.29, 1.82) is 0 Å². The van der Waals surface area contributed by atoms with Crippen LogP contribution in [0, 0.1) is 5.82 Å². The highest BCUT2D eigenvalue weighted by molar-refractivity contribution is 5.78. The Kier molecular flexibility index (Phi) is 26.0. The van der Waals surface area contributed by atoms with Gasteiger partial charge in [-0.15, -0.1) is 0 Å². The Bertz CT molecular complexity index is 1160. The number of carbonyl (C=O) groups is 1. The third kappa shape index (κ3) is 20.8. The van der Waals surface area contributed by atoms with Gasteiger partial charge in [-0.05, 0) is 108 Å². The number of esters is 1. The van der Waals surface area contributed by atoms with Crippen LogP contribution in [0.25, 0.3) is 11.1 Å². The first-order chi connectivity index (χ1) is 24.6. The number of ether oxygens (including phenoxy) is 1. The molecule has 1 N–H and O–H groups in total. The van der Waals surface area contributed by atoms with Gasteiger partial charge < -0.3 is 14.7 Å². The molecule has 0 aliphatic heterocycles. The molecule has 0 aliphatic rings. The van der Waals surface area contributed by atoms with E-state index in [9.17, 15) is 14.3 Å². The van der Waals surface area contributed by atoms with Crippen LogP contribution in [0.1, 0.15) is 154 Å². The van der Waals surface area contributed by atoms with E-state index in [0.717, 1.165) is 63.7 Å². The van der Waals surface area contributed by atoms with Crippen LogP contribution in [-0.4, -0.2) is 48.8 Å². The van der Waals surface area contributed by atoms with Gasteiger partial charge in [0.2, 0.25) is 0 Å². The number of unbranched alkanes of at least 4 members (excludes halogenated alkanes) is 15. The molecule has 0 saturated carbocycles. The molecule has 2 rings (SSSR count). The maximum atomic E-state index is 14.8. The monoisotopic (exact) mass is 692 g/mol. The molecule has 2 aromatic carbocycles. The first kappa shape index (κ1) is 43.4. The summed E-state index contributed by atoms with van der Waals surface area (Å²) >= 11 is 0. The van der Waals surface area contributed by atoms with Gasteiger partial charge in [0, 0.05) is 12.2 Å². The van der Waals surface area contributed by atoms with Gasteiger partial charge in [0.15, 0.2) is 0 Å². The number of halogens is 1. The van der Waals surface area contributed by atoms with E-state index in [1.165, 1.54) is 96.0 Å². The summed E-state index contributed by atoms with van der Waals surface area (Å²) in [5.74, 6) is -1.11. The molecule has 1 unspecified atom stereocenters. The lowest BCUT2D eigenvalue weighted by Crippen LogP contribution is -2.27. The lowest BCUT2D eigenvalue weighted by Gasteiger charge is -2.22. The summed E-state index contributed by atoms with van der Waals surface area (Å²) in [6, 6.07) is 14.5. The van der Waals surface area contributed by atoms with Crippen LogP contribution < -0.4 is 0 Å². The van der Waals surface area contributed by atoms with Gasteiger partial charge >= 0.3 is 5.97 Å². The highest BCUT2D eigenvalue weighted by atomic mass is 19.1. The third-order valence-electron chi connectivity index (χ3n) is 9.60. The van der Waals surface area contributed by atoms with Crippen molar-refractivity contribution in [3.63, 3.8) is 0 Å². The van der Waals surface area contributed by atoms with Gasteiger partial charge in [-0.25, -0.2) is 4.39 Å². The zero-order valence-electron chi connectivity index (χ0n) is 31.8. The Labute approximate surface area is 305 Å². The zero-order chi connectivity index (χ0) is 35.9. The molecule has 0 heterocycles. The fraction of sp³-hybridized carbons (Fsp3) is 0.622. The lowest BCUT2D eigenvalue weighted by molar-refractivity contribution is -0.145. The highest BCUT2D eigenvalue weighted by Gasteiger charge is 2.18. The summed E-state index contributed by atoms with van der Waals surface area (Å²) in [6.45, 7) is 8.13. The van der Waals surface area contributed by atoms with Crippen LogP contribution in [0.2, 0.25) is 0 Å². The van der Waals surface area contributed by atoms with Gasteiger partial charge in [0.1, 0.15) is 5.82 Å². The average Bonchev–Trinajstić information content (AvgIpc) is 3.13. The first-order valence-corrected chi connectivity index (χ1v) is 20.2. The van der Waals surface area contributed by atoms with Crippen LogP contribution in [0.4, 0.5) is 4.39 Å². The molecular formula is C45H70FNO3. The molecule has 1 atom stereocenters. The maximum Gasteiger partial charge on any atom is 0.313 e. The van der Waals surface area contributed by atoms with E-state index in [4.69, 9.17) is 4.74 Å². The molecule has 50 heavy (non-hydrogen) atoms. The highest BCUT2D eigenvalue weighted by Crippen LogP contribution is 2.27. The molecule has 0 aromatic heterocycles. The number of benzene rings is 2. The minimum absolute atomic E-state index is 0.281. The number of aliphatic hydroxyl groups is 1. The summed E-state index contributed by atoms with van der Waals surface area (Å²) in [5.41, 5.74) is 2.00. The van der Waals surface area contributed by atoms with Gasteiger partial charge in [0.25, 0.3) is 0 Å². The van der Waals surface area contributed by atoms with Gasteiger partial charge in [-0.3, -0.25) is 4.79 Å². The first-order valence-electron chi connectivity index (χ1n) is 20.2. The van der Waals surface area contributed by atoms with Crippen LogP contribution in [0.15, 0.2) is 72.8 Å². The molecule has 5 heteroatoms. The number of nitrogens with zero attached hydrogens (tertiary/aromatic N) is 1. The molecule has 0 spiro atoms. The Morgan fingerprint density at radius 2 is 1.28 bits per heavy atom. The number of carbonyl (C=O) groups excluding carboxylic acids is 1. The Balaban J connectivity index is 1.50. The van der Waals surface area contributed by atoms with Crippen LogP contribution in [0.3, 0.4) is 0 Å². The fourth-order valence-electron chi connectivity index (χ4n) is 6.34. The minimum Gasteiger partial charge on any atom is -0.465 e. The van der Waals surface area contributed by atoms with Crippen molar-refractivity contribution in [2.24, 2.45) is 0 Å². The van der Waals surface area contributed by atoms with Crippen molar-refractivity contribution < 1.29 is 19.0 Å². The maximum absolute atomic E-state index is 14.8. The molecule has 4 nitrogen and oxygen atoms in total. The third-order valence-corrected chi connectivity index (χ3v) is 9.60. The topological polar surface area (TPSA) is 49.8 Å². The summed E-state index contributed by atoms with van der Waals surface area (Å²) in [6.07, 6.45) is 33.4. The van der Waals surface area contributed by atoms with Crippen molar-refractivity contribution in [3.8, 4) is 11.1 Å². The van der Waals surface area contributed by atoms with Crippen LogP contribution >= 0.6 is 0 Å². The van der Waals surface area contributed by atoms with Crippen molar-refractivity contribution in [2.45, 2.75) is 148 Å². The van der Waals surface area contributed by atoms with Gasteiger partial charge in [0.05, 0.1) is 12.5 Å². The summed E-state index contributed by atoms with van der Waals surface area (Å²) < 4.78 is 20.3. The van der Waals surface area contributed by atoms with Crippen molar-refractivity contribution >= 4 is 5.97 Å². The normalized spacial score (nSPS) is 12.4. The molecule has 0 bridgehead atoms. The summed E-state index contributed by atoms with van der Waals surface area (Å²) in [7, 11) is 0. The second-order valence-corrected chi connectivity index (χ2v) is 14.0.